The van der Waals surface area contributed by atoms with Crippen molar-refractivity contribution in [2.24, 2.45) is 5.92 Å². The van der Waals surface area contributed by atoms with Crippen molar-refractivity contribution in [3.8, 4) is 11.3 Å². The zero-order valence-corrected chi connectivity index (χ0v) is 15.2. The van der Waals surface area contributed by atoms with Crippen LogP contribution in [0.15, 0.2) is 40.8 Å². The molecule has 27 heavy (non-hydrogen) atoms. The number of hydrogen-bond acceptors (Lipinski definition) is 4. The number of hydrogen-bond donors (Lipinski definition) is 3. The minimum atomic E-state index is -0.624. The number of amides is 1. The maximum absolute atomic E-state index is 13.3. The van der Waals surface area contributed by atoms with E-state index in [-0.39, 0.29) is 17.6 Å². The van der Waals surface area contributed by atoms with E-state index in [0.29, 0.717) is 27.9 Å². The molecule has 0 saturated carbocycles. The summed E-state index contributed by atoms with van der Waals surface area (Å²) >= 11 is 0. The zero-order valence-electron chi connectivity index (χ0n) is 15.2. The van der Waals surface area contributed by atoms with Crippen molar-refractivity contribution in [3.63, 3.8) is 0 Å². The van der Waals surface area contributed by atoms with Crippen molar-refractivity contribution in [1.29, 1.82) is 0 Å². The van der Waals surface area contributed by atoms with E-state index in [9.17, 15) is 14.3 Å². The summed E-state index contributed by atoms with van der Waals surface area (Å²) in [6, 6.07) is 9.48. The summed E-state index contributed by atoms with van der Waals surface area (Å²) < 4.78 is 19.3. The van der Waals surface area contributed by atoms with Crippen molar-refractivity contribution in [1.82, 2.24) is 5.32 Å². The number of rotatable bonds is 2. The van der Waals surface area contributed by atoms with E-state index in [2.05, 4.69) is 10.6 Å². The maximum atomic E-state index is 13.3. The molecule has 0 fully saturated rings. The highest BCUT2D eigenvalue weighted by Crippen LogP contribution is 2.40. The van der Waals surface area contributed by atoms with E-state index < -0.39 is 6.10 Å². The van der Waals surface area contributed by atoms with E-state index in [4.69, 9.17) is 4.42 Å². The number of aliphatic hydroxyl groups is 1. The molecular formula is C21H21FN2O3. The van der Waals surface area contributed by atoms with E-state index in [1.54, 1.807) is 19.2 Å². The number of nitrogens with one attached hydrogen (secondary N) is 2. The van der Waals surface area contributed by atoms with Crippen LogP contribution in [0.1, 0.15) is 35.4 Å². The summed E-state index contributed by atoms with van der Waals surface area (Å²) in [5.74, 6) is -0.170. The van der Waals surface area contributed by atoms with Crippen LogP contribution >= 0.6 is 0 Å². The average molecular weight is 368 g/mol. The van der Waals surface area contributed by atoms with Gasteiger partial charge in [-0.2, -0.15) is 0 Å². The Kier molecular flexibility index (Phi) is 4.36. The Bertz CT molecular complexity index is 1010. The lowest BCUT2D eigenvalue weighted by Gasteiger charge is -2.16. The summed E-state index contributed by atoms with van der Waals surface area (Å²) in [4.78, 5) is 12.6. The van der Waals surface area contributed by atoms with E-state index in [1.807, 2.05) is 19.1 Å². The monoisotopic (exact) mass is 368 g/mol. The van der Waals surface area contributed by atoms with Gasteiger partial charge >= 0.3 is 0 Å². The summed E-state index contributed by atoms with van der Waals surface area (Å²) in [5, 5.41) is 17.3. The van der Waals surface area contributed by atoms with Crippen LogP contribution in [-0.2, 0) is 0 Å². The van der Waals surface area contributed by atoms with Gasteiger partial charge in [0.1, 0.15) is 17.2 Å². The van der Waals surface area contributed by atoms with Gasteiger partial charge < -0.3 is 20.2 Å². The molecule has 140 valence electrons. The normalized spacial score (nSPS) is 19.3. The molecule has 0 spiro atoms. The van der Waals surface area contributed by atoms with Gasteiger partial charge in [-0.25, -0.2) is 4.39 Å². The van der Waals surface area contributed by atoms with Crippen LogP contribution in [0.5, 0.6) is 0 Å². The van der Waals surface area contributed by atoms with Gasteiger partial charge in [0.25, 0.3) is 5.91 Å². The molecule has 2 atom stereocenters. The summed E-state index contributed by atoms with van der Waals surface area (Å²) in [6.07, 6.45) is 0.224. The molecule has 0 radical (unpaired) electrons. The molecule has 6 heteroatoms. The Hall–Kier alpha value is -2.86. The van der Waals surface area contributed by atoms with Gasteiger partial charge in [-0.3, -0.25) is 4.79 Å². The highest BCUT2D eigenvalue weighted by Gasteiger charge is 2.27. The third-order valence-electron chi connectivity index (χ3n) is 5.19. The lowest BCUT2D eigenvalue weighted by Crippen LogP contribution is -2.18. The number of aliphatic hydroxyl groups excluding tert-OH is 1. The van der Waals surface area contributed by atoms with Gasteiger partial charge in [-0.15, -0.1) is 0 Å². The Morgan fingerprint density at radius 1 is 1.30 bits per heavy atom. The predicted octanol–water partition coefficient (Wildman–Crippen LogP) is 4.08. The van der Waals surface area contributed by atoms with Crippen molar-refractivity contribution >= 4 is 22.6 Å². The first kappa shape index (κ1) is 17.5. The number of fused-ring (bicyclic) bond motifs is 2. The van der Waals surface area contributed by atoms with Crippen LogP contribution in [0.25, 0.3) is 22.3 Å². The Balaban J connectivity index is 1.97. The number of carbonyl (C=O) groups excluding carboxylic acids is 1. The molecule has 1 aliphatic heterocycles. The van der Waals surface area contributed by atoms with Gasteiger partial charge in [0.05, 0.1) is 11.7 Å². The first-order chi connectivity index (χ1) is 13.0. The smallest absolute Gasteiger partial charge is 0.255 e. The molecule has 5 nitrogen and oxygen atoms in total. The van der Waals surface area contributed by atoms with Crippen LogP contribution in [0.3, 0.4) is 0 Å². The van der Waals surface area contributed by atoms with E-state index >= 15 is 0 Å². The van der Waals surface area contributed by atoms with Crippen molar-refractivity contribution in [2.45, 2.75) is 19.4 Å². The third kappa shape index (κ3) is 2.96. The molecule has 2 aromatic carbocycles. The SMILES string of the molecule is CNC(=O)c1c(-c2ccc(F)cc2)oc2cc3c(cc12)C(O)C(C)CCN3. The molecule has 3 aromatic rings. The second-order valence-corrected chi connectivity index (χ2v) is 6.97. The average Bonchev–Trinajstić information content (AvgIpc) is 2.98. The number of carbonyl (C=O) groups is 1. The molecule has 2 unspecified atom stereocenters. The van der Waals surface area contributed by atoms with Crippen LogP contribution in [0, 0.1) is 11.7 Å². The molecule has 4 rings (SSSR count). The highest BCUT2D eigenvalue weighted by atomic mass is 19.1. The van der Waals surface area contributed by atoms with Gasteiger partial charge in [0, 0.05) is 41.9 Å². The van der Waals surface area contributed by atoms with Gasteiger partial charge in [-0.05, 0) is 42.7 Å². The zero-order chi connectivity index (χ0) is 19.1. The first-order valence-electron chi connectivity index (χ1n) is 9.00. The second kappa shape index (κ2) is 6.70. The van der Waals surface area contributed by atoms with Crippen LogP contribution < -0.4 is 10.6 Å². The highest BCUT2D eigenvalue weighted by molar-refractivity contribution is 6.11. The third-order valence-corrected chi connectivity index (χ3v) is 5.19. The molecule has 0 saturated heterocycles. The van der Waals surface area contributed by atoms with E-state index in [1.165, 1.54) is 12.1 Å². The minimum absolute atomic E-state index is 0.100. The van der Waals surface area contributed by atoms with E-state index in [0.717, 1.165) is 24.2 Å². The van der Waals surface area contributed by atoms with Gasteiger partial charge in [0.15, 0.2) is 0 Å². The molecular weight excluding hydrogens is 347 g/mol. The maximum Gasteiger partial charge on any atom is 0.255 e. The van der Waals surface area contributed by atoms with Crippen LogP contribution in [0.2, 0.25) is 0 Å². The number of benzene rings is 2. The predicted molar refractivity (Wildman–Crippen MR) is 102 cm³/mol. The fourth-order valence-electron chi connectivity index (χ4n) is 3.61. The standard InChI is InChI=1S/C21H21FN2O3/c1-11-7-8-24-16-10-17-15(9-14(16)19(11)25)18(21(26)23-2)20(27-17)12-3-5-13(22)6-4-12/h3-6,9-11,19,24-25H,7-8H2,1-2H3,(H,23,26). The fraction of sp³-hybridized carbons (Fsp3) is 0.286. The van der Waals surface area contributed by atoms with Crippen LogP contribution in [0.4, 0.5) is 10.1 Å². The number of anilines is 1. The molecule has 1 aliphatic rings. The van der Waals surface area contributed by atoms with Gasteiger partial charge in [-0.1, -0.05) is 6.92 Å². The summed E-state index contributed by atoms with van der Waals surface area (Å²) in [7, 11) is 1.55. The molecule has 0 aliphatic carbocycles. The Morgan fingerprint density at radius 3 is 2.74 bits per heavy atom. The largest absolute Gasteiger partial charge is 0.455 e. The van der Waals surface area contributed by atoms with Crippen LogP contribution in [-0.4, -0.2) is 24.6 Å². The minimum Gasteiger partial charge on any atom is -0.455 e. The number of furan rings is 1. The topological polar surface area (TPSA) is 74.5 Å². The molecule has 0 bridgehead atoms. The molecule has 1 aromatic heterocycles. The van der Waals surface area contributed by atoms with Crippen molar-refractivity contribution < 1.29 is 18.7 Å². The second-order valence-electron chi connectivity index (χ2n) is 6.97. The van der Waals surface area contributed by atoms with Crippen molar-refractivity contribution in [2.75, 3.05) is 18.9 Å². The first-order valence-corrected chi connectivity index (χ1v) is 9.00. The Labute approximate surface area is 156 Å². The molecule has 2 heterocycles. The lowest BCUT2D eigenvalue weighted by atomic mass is 9.93. The summed E-state index contributed by atoms with van der Waals surface area (Å²) in [6.45, 7) is 2.76. The van der Waals surface area contributed by atoms with Crippen molar-refractivity contribution in [3.05, 3.63) is 53.3 Å². The number of halogens is 1. The quantitative estimate of drug-likeness (QED) is 0.637. The van der Waals surface area contributed by atoms with Gasteiger partial charge in [0.2, 0.25) is 0 Å². The summed E-state index contributed by atoms with van der Waals surface area (Å²) in [5.41, 5.74) is 3.10. The Morgan fingerprint density at radius 2 is 2.04 bits per heavy atom. The molecule has 1 amide bonds. The molecule has 3 N–H and O–H groups in total. The fourth-order valence-corrected chi connectivity index (χ4v) is 3.61. The lowest BCUT2D eigenvalue weighted by molar-refractivity contribution is 0.0964.